The van der Waals surface area contributed by atoms with E-state index in [1.54, 1.807) is 18.6 Å². The molecule has 0 unspecified atom stereocenters. The zero-order valence-electron chi connectivity index (χ0n) is 14.6. The molecule has 4 rings (SSSR count). The van der Waals surface area contributed by atoms with Gasteiger partial charge in [0.25, 0.3) is 0 Å². The number of para-hydroxylation sites is 1. The second kappa shape index (κ2) is 7.66. The van der Waals surface area contributed by atoms with Crippen LogP contribution in [-0.2, 0) is 6.42 Å². The maximum Gasteiger partial charge on any atom is 0.323 e. The van der Waals surface area contributed by atoms with Crippen molar-refractivity contribution in [2.75, 3.05) is 10.6 Å². The number of carbonyl (C=O) groups is 1. The summed E-state index contributed by atoms with van der Waals surface area (Å²) in [5.74, 6) is 0. The predicted octanol–water partition coefficient (Wildman–Crippen LogP) is 4.86. The molecular weight excluding hydrogens is 336 g/mol. The van der Waals surface area contributed by atoms with Crippen LogP contribution in [0.3, 0.4) is 0 Å². The topological polar surface area (TPSA) is 66.9 Å². The highest BCUT2D eigenvalue weighted by Crippen LogP contribution is 2.17. The van der Waals surface area contributed by atoms with Crippen LogP contribution in [0, 0.1) is 0 Å². The molecule has 2 aromatic heterocycles. The lowest BCUT2D eigenvalue weighted by molar-refractivity contribution is 0.262. The van der Waals surface area contributed by atoms with Crippen LogP contribution in [0.4, 0.5) is 16.2 Å². The molecule has 0 spiro atoms. The molecule has 0 aliphatic rings. The van der Waals surface area contributed by atoms with E-state index < -0.39 is 0 Å². The Balaban J connectivity index is 1.38. The molecule has 0 saturated heterocycles. The Morgan fingerprint density at radius 1 is 0.815 bits per heavy atom. The number of hydrogen-bond donors (Lipinski definition) is 2. The van der Waals surface area contributed by atoms with Gasteiger partial charge in [-0.15, -0.1) is 0 Å². The largest absolute Gasteiger partial charge is 0.323 e. The minimum absolute atomic E-state index is 0.297. The van der Waals surface area contributed by atoms with Gasteiger partial charge in [-0.05, 0) is 53.9 Å². The van der Waals surface area contributed by atoms with Gasteiger partial charge in [-0.1, -0.05) is 30.3 Å². The average molecular weight is 354 g/mol. The van der Waals surface area contributed by atoms with Gasteiger partial charge >= 0.3 is 6.03 Å². The molecule has 0 saturated carbocycles. The fourth-order valence-electron chi connectivity index (χ4n) is 2.88. The maximum absolute atomic E-state index is 12.2. The second-order valence-corrected chi connectivity index (χ2v) is 6.22. The second-order valence-electron chi connectivity index (χ2n) is 6.22. The SMILES string of the molecule is O=C(Nc1ccc(Cc2ccncc2)cc1)Nc1cnc2ccccc2c1. The summed E-state index contributed by atoms with van der Waals surface area (Å²) in [5.41, 5.74) is 4.66. The van der Waals surface area contributed by atoms with E-state index in [-0.39, 0.29) is 6.03 Å². The van der Waals surface area contributed by atoms with Crippen LogP contribution in [0.2, 0.25) is 0 Å². The Kier molecular flexibility index (Phi) is 4.74. The van der Waals surface area contributed by atoms with Gasteiger partial charge in [0, 0.05) is 23.5 Å². The maximum atomic E-state index is 12.2. The number of urea groups is 1. The Morgan fingerprint density at radius 2 is 1.52 bits per heavy atom. The van der Waals surface area contributed by atoms with E-state index in [0.29, 0.717) is 5.69 Å². The zero-order chi connectivity index (χ0) is 18.5. The molecule has 4 aromatic rings. The summed E-state index contributed by atoms with van der Waals surface area (Å²) in [7, 11) is 0. The number of fused-ring (bicyclic) bond motifs is 1. The van der Waals surface area contributed by atoms with E-state index >= 15 is 0 Å². The summed E-state index contributed by atoms with van der Waals surface area (Å²) < 4.78 is 0. The molecule has 2 amide bonds. The molecule has 5 heteroatoms. The van der Waals surface area contributed by atoms with Crippen LogP contribution in [-0.4, -0.2) is 16.0 Å². The van der Waals surface area contributed by atoms with E-state index in [2.05, 4.69) is 20.6 Å². The van der Waals surface area contributed by atoms with Crippen molar-refractivity contribution in [3.63, 3.8) is 0 Å². The van der Waals surface area contributed by atoms with Gasteiger partial charge in [0.1, 0.15) is 0 Å². The van der Waals surface area contributed by atoms with Crippen molar-refractivity contribution in [1.29, 1.82) is 0 Å². The van der Waals surface area contributed by atoms with E-state index in [4.69, 9.17) is 0 Å². The molecule has 2 N–H and O–H groups in total. The highest BCUT2D eigenvalue weighted by molar-refractivity contribution is 6.00. The zero-order valence-corrected chi connectivity index (χ0v) is 14.6. The number of amides is 2. The number of hydrogen-bond acceptors (Lipinski definition) is 3. The van der Waals surface area contributed by atoms with Gasteiger partial charge in [0.15, 0.2) is 0 Å². The number of benzene rings is 2. The summed E-state index contributed by atoms with van der Waals surface area (Å²) in [4.78, 5) is 20.6. The molecule has 0 radical (unpaired) electrons. The number of carbonyl (C=O) groups excluding carboxylic acids is 1. The van der Waals surface area contributed by atoms with Gasteiger partial charge in [-0.25, -0.2) is 4.79 Å². The van der Waals surface area contributed by atoms with Crippen molar-refractivity contribution >= 4 is 28.3 Å². The van der Waals surface area contributed by atoms with Crippen molar-refractivity contribution in [3.8, 4) is 0 Å². The lowest BCUT2D eigenvalue weighted by Crippen LogP contribution is -2.19. The molecule has 0 bridgehead atoms. The van der Waals surface area contributed by atoms with Gasteiger partial charge in [0.2, 0.25) is 0 Å². The van der Waals surface area contributed by atoms with Crippen molar-refractivity contribution in [2.45, 2.75) is 6.42 Å². The number of nitrogens with zero attached hydrogens (tertiary/aromatic N) is 2. The third kappa shape index (κ3) is 4.27. The highest BCUT2D eigenvalue weighted by Gasteiger charge is 2.05. The van der Waals surface area contributed by atoms with Crippen molar-refractivity contribution in [3.05, 3.63) is 96.4 Å². The van der Waals surface area contributed by atoms with Crippen LogP contribution >= 0.6 is 0 Å². The monoisotopic (exact) mass is 354 g/mol. The molecule has 27 heavy (non-hydrogen) atoms. The first-order valence-electron chi connectivity index (χ1n) is 8.67. The first-order valence-corrected chi connectivity index (χ1v) is 8.67. The summed E-state index contributed by atoms with van der Waals surface area (Å²) in [6, 6.07) is 21.2. The summed E-state index contributed by atoms with van der Waals surface area (Å²) in [5, 5.41) is 6.64. The lowest BCUT2D eigenvalue weighted by Gasteiger charge is -2.09. The van der Waals surface area contributed by atoms with Crippen molar-refractivity contribution < 1.29 is 4.79 Å². The van der Waals surface area contributed by atoms with Crippen LogP contribution in [0.15, 0.2) is 85.3 Å². The van der Waals surface area contributed by atoms with Crippen LogP contribution in [0.1, 0.15) is 11.1 Å². The molecule has 2 aromatic carbocycles. The molecule has 2 heterocycles. The smallest absolute Gasteiger partial charge is 0.308 e. The first kappa shape index (κ1) is 16.7. The molecule has 0 fully saturated rings. The quantitative estimate of drug-likeness (QED) is 0.550. The fourth-order valence-corrected chi connectivity index (χ4v) is 2.88. The fraction of sp³-hybridized carbons (Fsp3) is 0.0455. The van der Waals surface area contributed by atoms with Gasteiger partial charge in [-0.2, -0.15) is 0 Å². The number of rotatable bonds is 4. The summed E-state index contributed by atoms with van der Waals surface area (Å²) in [6.07, 6.45) is 6.06. The van der Waals surface area contributed by atoms with Crippen LogP contribution in [0.25, 0.3) is 10.9 Å². The van der Waals surface area contributed by atoms with Crippen molar-refractivity contribution in [2.24, 2.45) is 0 Å². The normalized spacial score (nSPS) is 10.5. The Morgan fingerprint density at radius 3 is 2.33 bits per heavy atom. The molecule has 0 aliphatic heterocycles. The molecule has 132 valence electrons. The lowest BCUT2D eigenvalue weighted by atomic mass is 10.1. The third-order valence-corrected chi connectivity index (χ3v) is 4.22. The minimum atomic E-state index is -0.297. The molecule has 0 atom stereocenters. The van der Waals surface area contributed by atoms with Crippen LogP contribution < -0.4 is 10.6 Å². The number of nitrogens with one attached hydrogen (secondary N) is 2. The van der Waals surface area contributed by atoms with Crippen LogP contribution in [0.5, 0.6) is 0 Å². The Hall–Kier alpha value is -3.73. The van der Waals surface area contributed by atoms with Crippen molar-refractivity contribution in [1.82, 2.24) is 9.97 Å². The first-order chi connectivity index (χ1) is 13.3. The number of pyridine rings is 2. The van der Waals surface area contributed by atoms with E-state index in [0.717, 1.165) is 23.0 Å². The predicted molar refractivity (Wildman–Crippen MR) is 108 cm³/mol. The summed E-state index contributed by atoms with van der Waals surface area (Å²) >= 11 is 0. The summed E-state index contributed by atoms with van der Waals surface area (Å²) in [6.45, 7) is 0. The van der Waals surface area contributed by atoms with Gasteiger partial charge in [-0.3, -0.25) is 9.97 Å². The molecule has 5 nitrogen and oxygen atoms in total. The van der Waals surface area contributed by atoms with E-state index in [1.165, 1.54) is 11.1 Å². The van der Waals surface area contributed by atoms with E-state index in [1.807, 2.05) is 66.7 Å². The Bertz CT molecular complexity index is 1060. The standard InChI is InChI=1S/C22H18N4O/c27-22(26-20-14-18-3-1-2-4-21(18)24-15-20)25-19-7-5-16(6-8-19)13-17-9-11-23-12-10-17/h1-12,14-15H,13H2,(H2,25,26,27). The number of aromatic nitrogens is 2. The number of anilines is 2. The highest BCUT2D eigenvalue weighted by atomic mass is 16.2. The minimum Gasteiger partial charge on any atom is -0.308 e. The van der Waals surface area contributed by atoms with Gasteiger partial charge < -0.3 is 10.6 Å². The molecule has 0 aliphatic carbocycles. The third-order valence-electron chi connectivity index (χ3n) is 4.22. The Labute approximate surface area is 157 Å². The average Bonchev–Trinajstić information content (AvgIpc) is 2.70. The molecular formula is C22H18N4O. The van der Waals surface area contributed by atoms with E-state index in [9.17, 15) is 4.79 Å². The van der Waals surface area contributed by atoms with Gasteiger partial charge in [0.05, 0.1) is 17.4 Å².